The van der Waals surface area contributed by atoms with Crippen LogP contribution in [0.3, 0.4) is 0 Å². The Labute approximate surface area is 58.2 Å². The molecule has 0 rings (SSSR count). The van der Waals surface area contributed by atoms with Gasteiger partial charge in [-0.2, -0.15) is 0 Å². The second kappa shape index (κ2) is 9.02. The van der Waals surface area contributed by atoms with E-state index < -0.39 is 0 Å². The van der Waals surface area contributed by atoms with Crippen molar-refractivity contribution < 1.29 is 39.1 Å². The molecule has 0 saturated heterocycles. The average Bonchev–Trinajstić information content (AvgIpc) is 1.41. The Morgan fingerprint density at radius 2 is 1.50 bits per heavy atom. The molecule has 3 heteroatoms. The molecule has 0 saturated carbocycles. The summed E-state index contributed by atoms with van der Waals surface area (Å²) in [5, 5.41) is 0. The third-order valence-electron chi connectivity index (χ3n) is 0.192. The third-order valence-corrected chi connectivity index (χ3v) is 0.192. The minimum Gasteiger partial charge on any atom is -0.303 e. The topological polar surface area (TPSA) is 34.1 Å². The number of hydrogen-bond donors (Lipinski definition) is 0. The maximum Gasteiger partial charge on any atom is 1.00 e. The van der Waals surface area contributed by atoms with Crippen molar-refractivity contribution >= 4 is 12.6 Å². The molecule has 0 aromatic rings. The molecule has 0 N–H and O–H groups in total. The fraction of sp³-hybridized carbons (Fsp3) is 0.333. The fourth-order valence-corrected chi connectivity index (χ4v) is 0.0393. The van der Waals surface area contributed by atoms with E-state index in [0.29, 0.717) is 12.6 Å². The maximum absolute atomic E-state index is 9.17. The van der Waals surface area contributed by atoms with E-state index in [0.717, 1.165) is 0 Å². The van der Waals surface area contributed by atoms with Gasteiger partial charge in [0.25, 0.3) is 0 Å². The van der Waals surface area contributed by atoms with Gasteiger partial charge >= 0.3 is 29.6 Å². The normalized spacial score (nSPS) is 5.33. The maximum atomic E-state index is 9.17. The summed E-state index contributed by atoms with van der Waals surface area (Å²) in [5.41, 5.74) is 0. The molecule has 0 heterocycles. The van der Waals surface area contributed by atoms with E-state index in [4.69, 9.17) is 0 Å². The number of hydrogen-bond acceptors (Lipinski definition) is 2. The first kappa shape index (κ1) is 9.60. The van der Waals surface area contributed by atoms with Crippen molar-refractivity contribution in [1.29, 1.82) is 0 Å². The van der Waals surface area contributed by atoms with E-state index in [1.165, 1.54) is 0 Å². The van der Waals surface area contributed by atoms with Gasteiger partial charge in [0.2, 0.25) is 0 Å². The first-order valence-corrected chi connectivity index (χ1v) is 1.29. The van der Waals surface area contributed by atoms with Crippen LogP contribution in [0, 0.1) is 0 Å². The minimum absolute atomic E-state index is 0. The second-order valence-corrected chi connectivity index (χ2v) is 0.569. The summed E-state index contributed by atoms with van der Waals surface area (Å²) >= 11 is 0. The van der Waals surface area contributed by atoms with Gasteiger partial charge in [0.1, 0.15) is 12.6 Å². The number of carbonyl (C=O) groups is 2. The summed E-state index contributed by atoms with van der Waals surface area (Å²) in [7, 11) is 0. The quantitative estimate of drug-likeness (QED) is 0.205. The van der Waals surface area contributed by atoms with Gasteiger partial charge in [-0.15, -0.1) is 0 Å². The Balaban J connectivity index is 0. The summed E-state index contributed by atoms with van der Waals surface area (Å²) in [6.07, 6.45) is 1.15. The molecule has 0 aliphatic rings. The monoisotopic (exact) mass is 95.0 g/mol. The minimum atomic E-state index is 0. The molecule has 0 aliphatic carbocycles. The van der Waals surface area contributed by atoms with Crippen molar-refractivity contribution in [2.75, 3.05) is 0 Å². The van der Waals surface area contributed by atoms with Crippen LogP contribution < -0.4 is 29.6 Å². The molecule has 2 nitrogen and oxygen atoms in total. The van der Waals surface area contributed by atoms with Crippen LogP contribution in [0.4, 0.5) is 0 Å². The molecule has 6 heavy (non-hydrogen) atoms. The van der Waals surface area contributed by atoms with Gasteiger partial charge in [0.05, 0.1) is 6.42 Å². The van der Waals surface area contributed by atoms with Gasteiger partial charge in [-0.3, -0.25) is 0 Å². The van der Waals surface area contributed by atoms with Crippen LogP contribution in [0.15, 0.2) is 0 Å². The van der Waals surface area contributed by atoms with E-state index in [2.05, 4.69) is 0 Å². The zero-order valence-electron chi connectivity index (χ0n) is 3.68. The average molecular weight is 95.1 g/mol. The zero-order chi connectivity index (χ0) is 4.12. The van der Waals surface area contributed by atoms with Gasteiger partial charge in [0.15, 0.2) is 0 Å². The van der Waals surface area contributed by atoms with Gasteiger partial charge in [-0.1, -0.05) is 0 Å². The molecule has 0 bridgehead atoms. The SMILES string of the molecule is O=CCC=O.[Na+]. The summed E-state index contributed by atoms with van der Waals surface area (Å²) in [6, 6.07) is 0. The molecule has 0 atom stereocenters. The molecule has 0 aromatic carbocycles. The van der Waals surface area contributed by atoms with E-state index in [1.54, 1.807) is 0 Å². The molecule has 0 unspecified atom stereocenters. The molecular weight excluding hydrogens is 91.0 g/mol. The second-order valence-electron chi connectivity index (χ2n) is 0.569. The van der Waals surface area contributed by atoms with Crippen molar-refractivity contribution in [3.63, 3.8) is 0 Å². The van der Waals surface area contributed by atoms with Gasteiger partial charge in [-0.25, -0.2) is 0 Å². The third kappa shape index (κ3) is 8.84. The largest absolute Gasteiger partial charge is 1.00 e. The van der Waals surface area contributed by atoms with Crippen LogP contribution >= 0.6 is 0 Å². The van der Waals surface area contributed by atoms with E-state index in [-0.39, 0.29) is 36.0 Å². The molecule has 28 valence electrons. The summed E-state index contributed by atoms with van der Waals surface area (Å²) in [4.78, 5) is 18.3. The van der Waals surface area contributed by atoms with Crippen LogP contribution in [0.2, 0.25) is 0 Å². The van der Waals surface area contributed by atoms with Gasteiger partial charge in [-0.05, 0) is 0 Å². The van der Waals surface area contributed by atoms with Crippen LogP contribution in [0.1, 0.15) is 6.42 Å². The van der Waals surface area contributed by atoms with Gasteiger partial charge in [0, 0.05) is 0 Å². The van der Waals surface area contributed by atoms with Crippen LogP contribution in [0.25, 0.3) is 0 Å². The van der Waals surface area contributed by atoms with Crippen LogP contribution in [0.5, 0.6) is 0 Å². The zero-order valence-corrected chi connectivity index (χ0v) is 5.68. The molecular formula is C3H4NaO2+. The van der Waals surface area contributed by atoms with Crippen molar-refractivity contribution in [2.45, 2.75) is 6.42 Å². The molecule has 0 fully saturated rings. The van der Waals surface area contributed by atoms with E-state index >= 15 is 0 Å². The molecule has 0 spiro atoms. The number of rotatable bonds is 2. The first-order valence-electron chi connectivity index (χ1n) is 1.29. The van der Waals surface area contributed by atoms with Crippen molar-refractivity contribution in [3.05, 3.63) is 0 Å². The number of carbonyl (C=O) groups excluding carboxylic acids is 2. The predicted molar refractivity (Wildman–Crippen MR) is 16.7 cm³/mol. The summed E-state index contributed by atoms with van der Waals surface area (Å²) in [5.74, 6) is 0. The van der Waals surface area contributed by atoms with Crippen molar-refractivity contribution in [3.8, 4) is 0 Å². The Morgan fingerprint density at radius 3 is 1.50 bits per heavy atom. The van der Waals surface area contributed by atoms with Crippen molar-refractivity contribution in [2.24, 2.45) is 0 Å². The molecule has 0 aliphatic heterocycles. The van der Waals surface area contributed by atoms with Gasteiger partial charge < -0.3 is 9.59 Å². The van der Waals surface area contributed by atoms with Crippen molar-refractivity contribution in [1.82, 2.24) is 0 Å². The van der Waals surface area contributed by atoms with Crippen LogP contribution in [-0.4, -0.2) is 12.6 Å². The first-order chi connectivity index (χ1) is 2.41. The number of aldehydes is 2. The summed E-state index contributed by atoms with van der Waals surface area (Å²) < 4.78 is 0. The molecule has 0 aromatic heterocycles. The Kier molecular flexibility index (Phi) is 14.4. The standard InChI is InChI=1S/C3H4O2.Na/c4-2-1-3-5;/h2-3H,1H2;/q;+1. The van der Waals surface area contributed by atoms with Crippen LogP contribution in [-0.2, 0) is 9.59 Å². The molecule has 0 radical (unpaired) electrons. The Bertz CT molecular complexity index is 38.1. The Morgan fingerprint density at radius 1 is 1.17 bits per heavy atom. The summed E-state index contributed by atoms with van der Waals surface area (Å²) in [6.45, 7) is 0. The predicted octanol–water partition coefficient (Wildman–Crippen LogP) is -3.22. The fourth-order valence-electron chi connectivity index (χ4n) is 0.0393. The van der Waals surface area contributed by atoms with E-state index in [1.807, 2.05) is 0 Å². The van der Waals surface area contributed by atoms with E-state index in [9.17, 15) is 9.59 Å². The molecule has 0 amide bonds. The smallest absolute Gasteiger partial charge is 0.303 e. The Hall–Kier alpha value is 0.340.